The van der Waals surface area contributed by atoms with Crippen molar-refractivity contribution in [3.8, 4) is 0 Å². The molecule has 0 aliphatic carbocycles. The quantitative estimate of drug-likeness (QED) is 0.524. The Labute approximate surface area is 55.9 Å². The van der Waals surface area contributed by atoms with Crippen LogP contribution in [0.5, 0.6) is 0 Å². The zero-order valence-corrected chi connectivity index (χ0v) is 6.22. The molecular weight excluding hydrogens is 114 g/mol. The summed E-state index contributed by atoms with van der Waals surface area (Å²) >= 11 is 0. The lowest BCUT2D eigenvalue weighted by molar-refractivity contribution is -0.0236. The molecule has 0 radical (unpaired) electrons. The molecule has 1 rings (SSSR count). The van der Waals surface area contributed by atoms with Crippen LogP contribution in [0.15, 0.2) is 4.99 Å². The van der Waals surface area contributed by atoms with Crippen LogP contribution in [-0.4, -0.2) is 18.0 Å². The summed E-state index contributed by atoms with van der Waals surface area (Å²) in [5.41, 5.74) is -0.223. The second-order valence-corrected chi connectivity index (χ2v) is 2.63. The highest BCUT2D eigenvalue weighted by atomic mass is 16.5. The van der Waals surface area contributed by atoms with E-state index in [1.54, 1.807) is 0 Å². The molecule has 9 heavy (non-hydrogen) atoms. The predicted molar refractivity (Wildman–Crippen MR) is 37.7 cm³/mol. The van der Waals surface area contributed by atoms with Gasteiger partial charge in [0.25, 0.3) is 0 Å². The molecule has 0 aromatic carbocycles. The highest BCUT2D eigenvalue weighted by Crippen LogP contribution is 2.22. The molecule has 2 nitrogen and oxygen atoms in total. The zero-order valence-electron chi connectivity index (χ0n) is 6.22. The fraction of sp³-hybridized carbons (Fsp3) is 0.857. The summed E-state index contributed by atoms with van der Waals surface area (Å²) < 4.78 is 5.48. The van der Waals surface area contributed by atoms with Crippen molar-refractivity contribution in [3.05, 3.63) is 0 Å². The monoisotopic (exact) mass is 127 g/mol. The van der Waals surface area contributed by atoms with E-state index in [0.717, 1.165) is 6.42 Å². The van der Waals surface area contributed by atoms with E-state index >= 15 is 0 Å². The van der Waals surface area contributed by atoms with Crippen LogP contribution in [0, 0.1) is 0 Å². The van der Waals surface area contributed by atoms with Crippen LogP contribution in [-0.2, 0) is 4.74 Å². The van der Waals surface area contributed by atoms with Crippen LogP contribution in [0.4, 0.5) is 0 Å². The third kappa shape index (κ3) is 1.30. The Morgan fingerprint density at radius 3 is 2.67 bits per heavy atom. The average molecular weight is 127 g/mol. The van der Waals surface area contributed by atoms with Gasteiger partial charge in [0.1, 0.15) is 0 Å². The molecule has 1 aliphatic heterocycles. The zero-order chi connectivity index (χ0) is 6.91. The van der Waals surface area contributed by atoms with Gasteiger partial charge in [-0.3, -0.25) is 4.99 Å². The van der Waals surface area contributed by atoms with Gasteiger partial charge in [0.15, 0.2) is 5.72 Å². The summed E-state index contributed by atoms with van der Waals surface area (Å²) in [6.07, 6.45) is 3.02. The maximum Gasteiger partial charge on any atom is 0.156 e. The van der Waals surface area contributed by atoms with Gasteiger partial charge >= 0.3 is 0 Å². The molecule has 2 unspecified atom stereocenters. The van der Waals surface area contributed by atoms with Crippen LogP contribution < -0.4 is 0 Å². The fourth-order valence-corrected chi connectivity index (χ4v) is 0.899. The van der Waals surface area contributed by atoms with E-state index in [4.69, 9.17) is 4.74 Å². The Balaban J connectivity index is 2.57. The van der Waals surface area contributed by atoms with E-state index in [-0.39, 0.29) is 11.8 Å². The van der Waals surface area contributed by atoms with Crippen molar-refractivity contribution in [2.45, 2.75) is 39.0 Å². The number of nitrogens with zero attached hydrogens (tertiary/aromatic N) is 1. The predicted octanol–water partition coefficient (Wildman–Crippen LogP) is 1.60. The molecule has 0 fully saturated rings. The summed E-state index contributed by atoms with van der Waals surface area (Å²) in [7, 11) is 0. The van der Waals surface area contributed by atoms with Gasteiger partial charge in [0.2, 0.25) is 0 Å². The number of hydrogen-bond donors (Lipinski definition) is 0. The summed E-state index contributed by atoms with van der Waals surface area (Å²) in [6, 6.07) is 0. The Morgan fingerprint density at radius 2 is 2.44 bits per heavy atom. The van der Waals surface area contributed by atoms with Crippen molar-refractivity contribution in [2.75, 3.05) is 0 Å². The lowest BCUT2D eigenvalue weighted by Crippen LogP contribution is -2.22. The number of rotatable bonds is 1. The molecule has 1 heterocycles. The van der Waals surface area contributed by atoms with Crippen molar-refractivity contribution in [1.82, 2.24) is 0 Å². The van der Waals surface area contributed by atoms with Crippen LogP contribution in [0.25, 0.3) is 0 Å². The highest BCUT2D eigenvalue weighted by Gasteiger charge is 2.27. The van der Waals surface area contributed by atoms with Gasteiger partial charge in [-0.15, -0.1) is 0 Å². The minimum atomic E-state index is -0.223. The minimum Gasteiger partial charge on any atom is -0.346 e. The van der Waals surface area contributed by atoms with Gasteiger partial charge in [-0.2, -0.15) is 0 Å². The van der Waals surface area contributed by atoms with Crippen molar-refractivity contribution >= 4 is 6.21 Å². The summed E-state index contributed by atoms with van der Waals surface area (Å²) in [5.74, 6) is 0. The third-order valence-electron chi connectivity index (χ3n) is 1.65. The highest BCUT2D eigenvalue weighted by molar-refractivity contribution is 5.64. The van der Waals surface area contributed by atoms with Crippen molar-refractivity contribution in [1.29, 1.82) is 0 Å². The van der Waals surface area contributed by atoms with Crippen molar-refractivity contribution in [2.24, 2.45) is 4.99 Å². The van der Waals surface area contributed by atoms with Gasteiger partial charge in [0, 0.05) is 6.21 Å². The fourth-order valence-electron chi connectivity index (χ4n) is 0.899. The largest absolute Gasteiger partial charge is 0.346 e. The normalized spacial score (nSPS) is 41.9. The summed E-state index contributed by atoms with van der Waals surface area (Å²) in [4.78, 5) is 4.22. The molecule has 0 amide bonds. The average Bonchev–Trinajstić information content (AvgIpc) is 2.13. The molecular formula is C7H13NO. The van der Waals surface area contributed by atoms with Crippen LogP contribution in [0.1, 0.15) is 27.2 Å². The van der Waals surface area contributed by atoms with Crippen molar-refractivity contribution < 1.29 is 4.74 Å². The Kier molecular flexibility index (Phi) is 1.58. The molecule has 0 N–H and O–H groups in total. The van der Waals surface area contributed by atoms with Crippen LogP contribution >= 0.6 is 0 Å². The lowest BCUT2D eigenvalue weighted by atomic mass is 10.2. The number of ether oxygens (including phenoxy) is 1. The maximum atomic E-state index is 5.48. The molecule has 0 aromatic rings. The van der Waals surface area contributed by atoms with Gasteiger partial charge in [-0.1, -0.05) is 6.92 Å². The second-order valence-electron chi connectivity index (χ2n) is 2.63. The topological polar surface area (TPSA) is 21.6 Å². The third-order valence-corrected chi connectivity index (χ3v) is 1.65. The van der Waals surface area contributed by atoms with E-state index in [9.17, 15) is 0 Å². The van der Waals surface area contributed by atoms with E-state index in [0.29, 0.717) is 0 Å². The standard InChI is InChI=1S/C7H13NO/c1-4-7(3)8-5-6(2)9-7/h5-6H,4H2,1-3H3. The second kappa shape index (κ2) is 2.10. The van der Waals surface area contributed by atoms with E-state index < -0.39 is 0 Å². The molecule has 2 atom stereocenters. The Bertz CT molecular complexity index is 133. The number of hydrogen-bond acceptors (Lipinski definition) is 2. The molecule has 0 saturated heterocycles. The van der Waals surface area contributed by atoms with Gasteiger partial charge in [-0.25, -0.2) is 0 Å². The van der Waals surface area contributed by atoms with Crippen molar-refractivity contribution in [3.63, 3.8) is 0 Å². The summed E-state index contributed by atoms with van der Waals surface area (Å²) in [5, 5.41) is 0. The van der Waals surface area contributed by atoms with Crippen LogP contribution in [0.2, 0.25) is 0 Å². The smallest absolute Gasteiger partial charge is 0.156 e. The first-order valence-corrected chi connectivity index (χ1v) is 3.39. The Morgan fingerprint density at radius 1 is 1.78 bits per heavy atom. The molecule has 0 saturated carbocycles. The first kappa shape index (κ1) is 6.75. The summed E-state index contributed by atoms with van der Waals surface area (Å²) in [6.45, 7) is 6.09. The molecule has 0 aromatic heterocycles. The van der Waals surface area contributed by atoms with Gasteiger partial charge in [0.05, 0.1) is 6.10 Å². The SMILES string of the molecule is CCC1(C)N=CC(C)O1. The van der Waals surface area contributed by atoms with E-state index in [1.165, 1.54) is 0 Å². The first-order valence-electron chi connectivity index (χ1n) is 3.39. The van der Waals surface area contributed by atoms with Gasteiger partial charge in [-0.05, 0) is 20.3 Å². The lowest BCUT2D eigenvalue weighted by Gasteiger charge is -2.19. The molecule has 1 aliphatic rings. The van der Waals surface area contributed by atoms with Gasteiger partial charge < -0.3 is 4.74 Å². The molecule has 2 heteroatoms. The molecule has 0 bridgehead atoms. The van der Waals surface area contributed by atoms with Crippen LogP contribution in [0.3, 0.4) is 0 Å². The minimum absolute atomic E-state index is 0.204. The molecule has 52 valence electrons. The van der Waals surface area contributed by atoms with E-state index in [1.807, 2.05) is 20.1 Å². The maximum absolute atomic E-state index is 5.48. The number of aliphatic imine (C=N–C) groups is 1. The van der Waals surface area contributed by atoms with E-state index in [2.05, 4.69) is 11.9 Å². The molecule has 0 spiro atoms. The Hall–Kier alpha value is -0.370. The first-order chi connectivity index (χ1) is 4.16.